The molecule has 0 bridgehead atoms. The number of carbonyl (C=O) groups is 1. The Morgan fingerprint density at radius 2 is 1.84 bits per heavy atom. The van der Waals surface area contributed by atoms with E-state index >= 15 is 0 Å². The number of halogens is 4. The lowest BCUT2D eigenvalue weighted by molar-refractivity contribution is -0.137. The van der Waals surface area contributed by atoms with Gasteiger partial charge in [-0.2, -0.15) is 18.2 Å². The number of nitrogens with zero attached hydrogens (tertiary/aromatic N) is 3. The van der Waals surface area contributed by atoms with Crippen molar-refractivity contribution in [1.29, 1.82) is 0 Å². The van der Waals surface area contributed by atoms with E-state index in [-0.39, 0.29) is 23.3 Å². The van der Waals surface area contributed by atoms with E-state index in [0.717, 1.165) is 12.1 Å². The van der Waals surface area contributed by atoms with Crippen molar-refractivity contribution in [3.63, 3.8) is 0 Å². The Balaban J connectivity index is 1.29. The molecule has 1 saturated heterocycles. The highest BCUT2D eigenvalue weighted by Crippen LogP contribution is 2.31. The Kier molecular flexibility index (Phi) is 6.22. The molecule has 168 valence electrons. The number of alkyl halides is 3. The maximum Gasteiger partial charge on any atom is 0.416 e. The van der Waals surface area contributed by atoms with E-state index in [9.17, 15) is 22.4 Å². The van der Waals surface area contributed by atoms with Crippen LogP contribution < -0.4 is 5.32 Å². The second-order valence-electron chi connectivity index (χ2n) is 7.64. The van der Waals surface area contributed by atoms with Crippen molar-refractivity contribution < 1.29 is 26.9 Å². The minimum absolute atomic E-state index is 0.131. The molecule has 0 aliphatic carbocycles. The second kappa shape index (κ2) is 9.07. The first kappa shape index (κ1) is 21.9. The molecular weight excluding hydrogens is 428 g/mol. The zero-order chi connectivity index (χ0) is 22.7. The largest absolute Gasteiger partial charge is 0.416 e. The predicted molar refractivity (Wildman–Crippen MR) is 108 cm³/mol. The van der Waals surface area contributed by atoms with Crippen molar-refractivity contribution in [3.8, 4) is 11.4 Å². The predicted octanol–water partition coefficient (Wildman–Crippen LogP) is 4.75. The number of nitrogens with one attached hydrogen (secondary N) is 1. The Morgan fingerprint density at radius 1 is 1.12 bits per heavy atom. The molecule has 0 unspecified atom stereocenters. The maximum absolute atomic E-state index is 13.0. The van der Waals surface area contributed by atoms with E-state index in [2.05, 4.69) is 20.4 Å². The Hall–Kier alpha value is -3.27. The Morgan fingerprint density at radius 3 is 2.53 bits per heavy atom. The van der Waals surface area contributed by atoms with E-state index in [0.29, 0.717) is 49.8 Å². The van der Waals surface area contributed by atoms with Crippen LogP contribution in [0.4, 0.5) is 23.2 Å². The first-order valence-electron chi connectivity index (χ1n) is 10.1. The zero-order valence-electron chi connectivity index (χ0n) is 16.9. The molecule has 2 heterocycles. The molecule has 0 radical (unpaired) electrons. The summed E-state index contributed by atoms with van der Waals surface area (Å²) in [6.07, 6.45) is -3.34. The topological polar surface area (TPSA) is 71.3 Å². The number of amides is 1. The number of hydrogen-bond acceptors (Lipinski definition) is 5. The molecule has 1 aliphatic rings. The summed E-state index contributed by atoms with van der Waals surface area (Å²) in [5.41, 5.74) is -0.0255. The maximum atomic E-state index is 13.0. The summed E-state index contributed by atoms with van der Waals surface area (Å²) in [4.78, 5) is 18.9. The van der Waals surface area contributed by atoms with Crippen molar-refractivity contribution in [1.82, 2.24) is 15.0 Å². The molecule has 4 rings (SSSR count). The van der Waals surface area contributed by atoms with Crippen LogP contribution >= 0.6 is 0 Å². The molecule has 0 saturated carbocycles. The van der Waals surface area contributed by atoms with E-state index < -0.39 is 11.7 Å². The molecule has 2 aromatic carbocycles. The van der Waals surface area contributed by atoms with E-state index in [4.69, 9.17) is 4.52 Å². The van der Waals surface area contributed by atoms with Crippen molar-refractivity contribution in [3.05, 3.63) is 65.8 Å². The van der Waals surface area contributed by atoms with Gasteiger partial charge in [-0.25, -0.2) is 4.39 Å². The molecule has 1 aliphatic heterocycles. The van der Waals surface area contributed by atoms with Gasteiger partial charge in [0.05, 0.1) is 12.1 Å². The fraction of sp³-hybridized carbons (Fsp3) is 0.318. The summed E-state index contributed by atoms with van der Waals surface area (Å²) in [5.74, 6) is -0.150. The van der Waals surface area contributed by atoms with Gasteiger partial charge in [0.15, 0.2) is 0 Å². The lowest BCUT2D eigenvalue weighted by atomic mass is 9.95. The number of likely N-dealkylation sites (tertiary alicyclic amines) is 1. The first-order chi connectivity index (χ1) is 15.3. The third-order valence-corrected chi connectivity index (χ3v) is 5.35. The van der Waals surface area contributed by atoms with Crippen molar-refractivity contribution >= 4 is 11.6 Å². The number of benzene rings is 2. The number of carbonyl (C=O) groups excluding carboxylic acids is 1. The van der Waals surface area contributed by atoms with Gasteiger partial charge in [-0.05, 0) is 68.4 Å². The third kappa shape index (κ3) is 5.31. The van der Waals surface area contributed by atoms with Gasteiger partial charge in [0.1, 0.15) is 5.82 Å². The van der Waals surface area contributed by atoms with E-state index in [1.165, 1.54) is 24.3 Å². The quantitative estimate of drug-likeness (QED) is 0.571. The molecular formula is C22H20F4N4O2. The summed E-state index contributed by atoms with van der Waals surface area (Å²) in [5, 5.41) is 6.51. The zero-order valence-corrected chi connectivity index (χ0v) is 16.9. The lowest BCUT2D eigenvalue weighted by Gasteiger charge is -2.30. The molecule has 32 heavy (non-hydrogen) atoms. The summed E-state index contributed by atoms with van der Waals surface area (Å²) in [6, 6.07) is 10.4. The van der Waals surface area contributed by atoms with Crippen LogP contribution in [-0.2, 0) is 17.5 Å². The standard InChI is InChI=1S/C22H20F4N4O2/c23-17-6-4-14(5-7-17)20-28-19(32-29-20)13-30-10-8-15(9-11-30)21(31)27-18-3-1-2-16(12-18)22(24,25)26/h1-7,12,15H,8-11,13H2,(H,27,31). The fourth-order valence-corrected chi connectivity index (χ4v) is 3.60. The van der Waals surface area contributed by atoms with Gasteiger partial charge in [-0.3, -0.25) is 9.69 Å². The summed E-state index contributed by atoms with van der Waals surface area (Å²) in [7, 11) is 0. The normalized spacial score (nSPS) is 15.6. The Labute approximate surface area is 181 Å². The van der Waals surface area contributed by atoms with Crippen LogP contribution in [0, 0.1) is 11.7 Å². The number of hydrogen-bond donors (Lipinski definition) is 1. The number of rotatable bonds is 5. The van der Waals surface area contributed by atoms with Gasteiger partial charge in [0.25, 0.3) is 0 Å². The third-order valence-electron chi connectivity index (χ3n) is 5.35. The highest BCUT2D eigenvalue weighted by molar-refractivity contribution is 5.92. The van der Waals surface area contributed by atoms with Crippen LogP contribution in [0.3, 0.4) is 0 Å². The van der Waals surface area contributed by atoms with Gasteiger partial charge in [-0.1, -0.05) is 11.2 Å². The van der Waals surface area contributed by atoms with Crippen LogP contribution in [0.15, 0.2) is 53.1 Å². The fourth-order valence-electron chi connectivity index (χ4n) is 3.60. The molecule has 0 spiro atoms. The van der Waals surface area contributed by atoms with E-state index in [1.807, 2.05) is 0 Å². The number of aromatic nitrogens is 2. The minimum Gasteiger partial charge on any atom is -0.338 e. The van der Waals surface area contributed by atoms with Gasteiger partial charge < -0.3 is 9.84 Å². The van der Waals surface area contributed by atoms with Crippen LogP contribution in [-0.4, -0.2) is 34.0 Å². The molecule has 6 nitrogen and oxygen atoms in total. The lowest BCUT2D eigenvalue weighted by Crippen LogP contribution is -2.37. The smallest absolute Gasteiger partial charge is 0.338 e. The summed E-state index contributed by atoms with van der Waals surface area (Å²) < 4.78 is 56.9. The number of piperidine rings is 1. The average molecular weight is 448 g/mol. The highest BCUT2D eigenvalue weighted by atomic mass is 19.4. The van der Waals surface area contributed by atoms with Crippen molar-refractivity contribution in [2.75, 3.05) is 18.4 Å². The van der Waals surface area contributed by atoms with E-state index in [1.54, 1.807) is 12.1 Å². The van der Waals surface area contributed by atoms with Crippen molar-refractivity contribution in [2.24, 2.45) is 5.92 Å². The molecule has 1 aromatic heterocycles. The first-order valence-corrected chi connectivity index (χ1v) is 10.1. The molecule has 10 heteroatoms. The molecule has 1 amide bonds. The summed E-state index contributed by atoms with van der Waals surface area (Å²) >= 11 is 0. The Bertz CT molecular complexity index is 1070. The van der Waals surface area contributed by atoms with Crippen LogP contribution in [0.2, 0.25) is 0 Å². The van der Waals surface area contributed by atoms with Crippen LogP contribution in [0.1, 0.15) is 24.3 Å². The SMILES string of the molecule is O=C(Nc1cccc(C(F)(F)F)c1)C1CCN(Cc2nc(-c3ccc(F)cc3)no2)CC1. The number of anilines is 1. The van der Waals surface area contributed by atoms with Crippen LogP contribution in [0.25, 0.3) is 11.4 Å². The monoisotopic (exact) mass is 448 g/mol. The molecule has 1 N–H and O–H groups in total. The summed E-state index contributed by atoms with van der Waals surface area (Å²) in [6.45, 7) is 1.63. The minimum atomic E-state index is -4.46. The highest BCUT2D eigenvalue weighted by Gasteiger charge is 2.31. The molecule has 1 fully saturated rings. The van der Waals surface area contributed by atoms with Gasteiger partial charge in [-0.15, -0.1) is 0 Å². The van der Waals surface area contributed by atoms with Crippen molar-refractivity contribution in [2.45, 2.75) is 25.6 Å². The molecule has 3 aromatic rings. The molecule has 0 atom stereocenters. The second-order valence-corrected chi connectivity index (χ2v) is 7.64. The van der Waals surface area contributed by atoms with Crippen LogP contribution in [0.5, 0.6) is 0 Å². The van der Waals surface area contributed by atoms with Gasteiger partial charge >= 0.3 is 6.18 Å². The van der Waals surface area contributed by atoms with Gasteiger partial charge in [0.2, 0.25) is 17.6 Å². The average Bonchev–Trinajstić information content (AvgIpc) is 3.23. The van der Waals surface area contributed by atoms with Gasteiger partial charge in [0, 0.05) is 17.2 Å².